The number of halogens is 1. The molecule has 39 heavy (non-hydrogen) atoms. The van der Waals surface area contributed by atoms with Crippen LogP contribution >= 0.6 is 12.4 Å². The van der Waals surface area contributed by atoms with E-state index in [1.165, 1.54) is 16.7 Å². The van der Waals surface area contributed by atoms with Crippen LogP contribution in [-0.4, -0.2) is 78.6 Å². The number of piperidine rings is 1. The monoisotopic (exact) mass is 553 g/mol. The summed E-state index contributed by atoms with van der Waals surface area (Å²) in [5.74, 6) is 2.82. The fraction of sp³-hybridized carbons (Fsp3) is 0.581. The summed E-state index contributed by atoms with van der Waals surface area (Å²) in [6.45, 7) is 6.60. The predicted octanol–water partition coefficient (Wildman–Crippen LogP) is 5.10. The van der Waals surface area contributed by atoms with E-state index in [4.69, 9.17) is 4.74 Å². The van der Waals surface area contributed by atoms with Crippen molar-refractivity contribution in [2.75, 3.05) is 51.8 Å². The number of nitrogens with zero attached hydrogens (tertiary/aromatic N) is 5. The molecule has 0 radical (unpaired) electrons. The minimum absolute atomic E-state index is 0. The van der Waals surface area contributed by atoms with Crippen molar-refractivity contribution < 1.29 is 9.53 Å². The molecule has 2 aromatic rings. The van der Waals surface area contributed by atoms with Crippen LogP contribution in [0.15, 0.2) is 42.7 Å². The Morgan fingerprint density at radius 2 is 1.74 bits per heavy atom. The number of aryl methyl sites for hydroxylation is 1. The molecule has 2 atom stereocenters. The summed E-state index contributed by atoms with van der Waals surface area (Å²) in [7, 11) is 4.22. The average molecular weight is 554 g/mol. The quantitative estimate of drug-likeness (QED) is 0.453. The maximum atomic E-state index is 13.0. The van der Waals surface area contributed by atoms with Crippen molar-refractivity contribution in [1.82, 2.24) is 19.8 Å². The summed E-state index contributed by atoms with van der Waals surface area (Å²) in [6.07, 6.45) is 13.2. The van der Waals surface area contributed by atoms with Crippen molar-refractivity contribution >= 4 is 29.8 Å². The number of benzene rings is 1. The van der Waals surface area contributed by atoms with Crippen LogP contribution in [0.2, 0.25) is 0 Å². The number of allylic oxidation sites excluding steroid dienone is 2. The molecule has 3 heterocycles. The van der Waals surface area contributed by atoms with Gasteiger partial charge < -0.3 is 19.4 Å². The van der Waals surface area contributed by atoms with Gasteiger partial charge >= 0.3 is 0 Å². The van der Waals surface area contributed by atoms with Crippen LogP contribution in [-0.2, 0) is 11.2 Å². The lowest BCUT2D eigenvalue weighted by molar-refractivity contribution is -0.134. The van der Waals surface area contributed by atoms with E-state index in [0.717, 1.165) is 89.4 Å². The molecule has 1 amide bonds. The maximum Gasteiger partial charge on any atom is 0.226 e. The summed E-state index contributed by atoms with van der Waals surface area (Å²) in [4.78, 5) is 28.7. The fourth-order valence-corrected chi connectivity index (χ4v) is 5.92. The van der Waals surface area contributed by atoms with Crippen molar-refractivity contribution in [3.63, 3.8) is 0 Å². The van der Waals surface area contributed by atoms with Gasteiger partial charge in [-0.25, -0.2) is 9.97 Å². The first-order valence-corrected chi connectivity index (χ1v) is 14.4. The molecular weight excluding hydrogens is 510 g/mol. The largest absolute Gasteiger partial charge is 0.493 e. The highest BCUT2D eigenvalue weighted by atomic mass is 35.5. The van der Waals surface area contributed by atoms with E-state index in [-0.39, 0.29) is 18.3 Å². The summed E-state index contributed by atoms with van der Waals surface area (Å²) in [5.41, 5.74) is 3.78. The van der Waals surface area contributed by atoms with Crippen LogP contribution in [0.3, 0.4) is 0 Å². The van der Waals surface area contributed by atoms with E-state index in [9.17, 15) is 4.79 Å². The third-order valence-electron chi connectivity index (χ3n) is 8.67. The Bertz CT molecular complexity index is 1100. The summed E-state index contributed by atoms with van der Waals surface area (Å²) in [5, 5.41) is 0. The molecule has 1 aromatic carbocycles. The second-order valence-corrected chi connectivity index (χ2v) is 11.4. The Morgan fingerprint density at radius 3 is 2.33 bits per heavy atom. The molecule has 5 rings (SSSR count). The number of hydrogen-bond donors (Lipinski definition) is 0. The van der Waals surface area contributed by atoms with E-state index in [1.807, 2.05) is 12.4 Å². The molecule has 0 bridgehead atoms. The van der Waals surface area contributed by atoms with Crippen molar-refractivity contribution in [1.29, 1.82) is 0 Å². The highest BCUT2D eigenvalue weighted by molar-refractivity contribution is 5.85. The summed E-state index contributed by atoms with van der Waals surface area (Å²) < 4.78 is 6.17. The first kappa shape index (κ1) is 29.3. The van der Waals surface area contributed by atoms with Crippen molar-refractivity contribution in [2.24, 2.45) is 11.8 Å². The Morgan fingerprint density at radius 1 is 1.03 bits per heavy atom. The van der Waals surface area contributed by atoms with Crippen LogP contribution in [0.5, 0.6) is 5.75 Å². The third kappa shape index (κ3) is 7.31. The van der Waals surface area contributed by atoms with Gasteiger partial charge in [0.15, 0.2) is 0 Å². The van der Waals surface area contributed by atoms with Crippen LogP contribution in [0.1, 0.15) is 56.6 Å². The fourth-order valence-electron chi connectivity index (χ4n) is 5.92. The van der Waals surface area contributed by atoms with E-state index in [0.29, 0.717) is 17.9 Å². The Kier molecular flexibility index (Phi) is 10.2. The van der Waals surface area contributed by atoms with Crippen LogP contribution in [0.4, 0.5) is 5.95 Å². The van der Waals surface area contributed by atoms with E-state index < -0.39 is 0 Å². The van der Waals surface area contributed by atoms with Gasteiger partial charge in [-0.3, -0.25) is 4.79 Å². The maximum absolute atomic E-state index is 13.0. The Labute approximate surface area is 240 Å². The van der Waals surface area contributed by atoms with E-state index >= 15 is 0 Å². The number of ether oxygens (including phenoxy) is 1. The topological polar surface area (TPSA) is 61.8 Å². The number of likely N-dealkylation sites (N-methyl/N-ethyl adjacent to an activating group) is 1. The van der Waals surface area contributed by atoms with Gasteiger partial charge in [0.05, 0.1) is 6.61 Å². The van der Waals surface area contributed by atoms with Crippen LogP contribution in [0.25, 0.3) is 5.57 Å². The third-order valence-corrected chi connectivity index (χ3v) is 8.67. The molecule has 0 spiro atoms. The molecule has 2 aliphatic heterocycles. The highest BCUT2D eigenvalue weighted by Crippen LogP contribution is 2.33. The summed E-state index contributed by atoms with van der Waals surface area (Å²) in [6, 6.07) is 9.03. The molecule has 2 saturated heterocycles. The van der Waals surface area contributed by atoms with E-state index in [1.54, 1.807) is 0 Å². The van der Waals surface area contributed by atoms with Crippen LogP contribution < -0.4 is 9.64 Å². The number of likely N-dealkylation sites (tertiary alicyclic amines) is 1. The Hall–Kier alpha value is -2.64. The lowest BCUT2D eigenvalue weighted by Gasteiger charge is -2.31. The zero-order valence-corrected chi connectivity index (χ0v) is 24.5. The highest BCUT2D eigenvalue weighted by Gasteiger charge is 2.32. The molecule has 1 aliphatic carbocycles. The van der Waals surface area contributed by atoms with Crippen molar-refractivity contribution in [2.45, 2.75) is 57.9 Å². The molecule has 7 nitrogen and oxygen atoms in total. The first-order chi connectivity index (χ1) is 18.5. The normalized spacial score (nSPS) is 22.0. The van der Waals surface area contributed by atoms with Crippen molar-refractivity contribution in [3.8, 4) is 5.75 Å². The second-order valence-electron chi connectivity index (χ2n) is 11.4. The lowest BCUT2D eigenvalue weighted by atomic mass is 9.86. The van der Waals surface area contributed by atoms with Gasteiger partial charge in [-0.05, 0) is 93.8 Å². The number of anilines is 1. The minimum atomic E-state index is 0. The first-order valence-electron chi connectivity index (χ1n) is 14.4. The smallest absolute Gasteiger partial charge is 0.226 e. The SMILES string of the molecule is CCc1cnc(N2CCC(COc3ccc(C4=CCC(C(=O)N5CC[C@@H](N(C)C)C5)CC4)cc3)CC2)nc1.Cl. The van der Waals surface area contributed by atoms with Crippen LogP contribution in [0, 0.1) is 11.8 Å². The molecule has 8 heteroatoms. The zero-order valence-electron chi connectivity index (χ0n) is 23.7. The molecule has 212 valence electrons. The molecule has 0 N–H and O–H groups in total. The van der Waals surface area contributed by atoms with Gasteiger partial charge in [0, 0.05) is 50.5 Å². The molecule has 1 aromatic heterocycles. The number of carbonyl (C=O) groups excluding carboxylic acids is 1. The van der Waals surface area contributed by atoms with Gasteiger partial charge in [-0.1, -0.05) is 25.1 Å². The number of carbonyl (C=O) groups is 1. The second kappa shape index (κ2) is 13.6. The zero-order chi connectivity index (χ0) is 26.5. The standard InChI is InChI=1S/C31H43N5O2.ClH/c1-4-23-19-32-31(33-20-23)35-16-13-24(14-17-35)22-38-29-11-9-26(10-12-29)25-5-7-27(8-6-25)30(37)36-18-15-28(21-36)34(2)3;/h5,9-12,19-20,24,27-28H,4,6-8,13-18,21-22H2,1-3H3;1H/t27?,28-;/m1./s1. The van der Waals surface area contributed by atoms with Crippen molar-refractivity contribution in [3.05, 3.63) is 53.9 Å². The average Bonchev–Trinajstić information content (AvgIpc) is 3.47. The predicted molar refractivity (Wildman–Crippen MR) is 160 cm³/mol. The number of rotatable bonds is 8. The summed E-state index contributed by atoms with van der Waals surface area (Å²) >= 11 is 0. The number of amides is 1. The minimum Gasteiger partial charge on any atom is -0.493 e. The van der Waals surface area contributed by atoms with Gasteiger partial charge in [0.2, 0.25) is 11.9 Å². The number of hydrogen-bond acceptors (Lipinski definition) is 6. The lowest BCUT2D eigenvalue weighted by Crippen LogP contribution is -2.38. The molecule has 2 fully saturated rings. The number of aromatic nitrogens is 2. The molecule has 1 unspecified atom stereocenters. The Balaban J connectivity index is 0.00000353. The van der Waals surface area contributed by atoms with Gasteiger partial charge in [-0.15, -0.1) is 12.4 Å². The van der Waals surface area contributed by atoms with E-state index in [2.05, 4.69) is 76.0 Å². The van der Waals surface area contributed by atoms with Gasteiger partial charge in [0.25, 0.3) is 0 Å². The molecular formula is C31H44ClN5O2. The van der Waals surface area contributed by atoms with Gasteiger partial charge in [-0.2, -0.15) is 0 Å². The molecule has 0 saturated carbocycles. The molecule has 3 aliphatic rings. The van der Waals surface area contributed by atoms with Gasteiger partial charge in [0.1, 0.15) is 5.75 Å².